The molecular weight excluding hydrogens is 301 g/mol. The van der Waals surface area contributed by atoms with Gasteiger partial charge in [-0.05, 0) is 5.92 Å². The zero-order valence-electron chi connectivity index (χ0n) is 12.4. The summed E-state index contributed by atoms with van der Waals surface area (Å²) < 4.78 is 50.6. The highest BCUT2D eigenvalue weighted by Crippen LogP contribution is 2.32. The van der Waals surface area contributed by atoms with Crippen LogP contribution >= 0.6 is 0 Å². The van der Waals surface area contributed by atoms with Gasteiger partial charge in [-0.15, -0.1) is 0 Å². The zero-order valence-corrected chi connectivity index (χ0v) is 13.2. The minimum absolute atomic E-state index is 0.0940. The van der Waals surface area contributed by atoms with Crippen LogP contribution in [0.1, 0.15) is 13.8 Å². The van der Waals surface area contributed by atoms with Crippen LogP contribution in [0.4, 0.5) is 4.39 Å². The van der Waals surface area contributed by atoms with Gasteiger partial charge in [-0.3, -0.25) is 0 Å². The molecular formula is C13H20FNO5S. The third-order valence-corrected chi connectivity index (χ3v) is 4.54. The summed E-state index contributed by atoms with van der Waals surface area (Å²) in [5.74, 6) is -0.908. The lowest BCUT2D eigenvalue weighted by Gasteiger charge is -2.20. The minimum atomic E-state index is -4.13. The van der Waals surface area contributed by atoms with Gasteiger partial charge < -0.3 is 14.6 Å². The molecule has 1 atom stereocenters. The second-order valence-corrected chi connectivity index (χ2v) is 6.47. The van der Waals surface area contributed by atoms with Crippen LogP contribution in [0.25, 0.3) is 0 Å². The van der Waals surface area contributed by atoms with E-state index in [2.05, 4.69) is 4.72 Å². The summed E-state index contributed by atoms with van der Waals surface area (Å²) in [5.41, 5.74) is 0. The molecule has 1 aromatic rings. The second-order valence-electron chi connectivity index (χ2n) is 4.79. The fourth-order valence-corrected chi connectivity index (χ4v) is 3.14. The molecule has 0 spiro atoms. The van der Waals surface area contributed by atoms with Gasteiger partial charge in [0.15, 0.2) is 11.5 Å². The lowest BCUT2D eigenvalue weighted by atomic mass is 10.1. The third kappa shape index (κ3) is 4.05. The molecule has 0 aliphatic heterocycles. The predicted octanol–water partition coefficient (Wildman–Crippen LogP) is 1.14. The van der Waals surface area contributed by atoms with Crippen molar-refractivity contribution in [2.45, 2.75) is 24.8 Å². The maximum atomic E-state index is 14.0. The van der Waals surface area contributed by atoms with E-state index in [0.29, 0.717) is 0 Å². The monoisotopic (exact) mass is 321 g/mol. The van der Waals surface area contributed by atoms with Crippen LogP contribution in [-0.2, 0) is 10.0 Å². The normalized spacial score (nSPS) is 13.3. The van der Waals surface area contributed by atoms with Crippen molar-refractivity contribution in [3.8, 4) is 11.5 Å². The Morgan fingerprint density at radius 3 is 2.19 bits per heavy atom. The van der Waals surface area contributed by atoms with E-state index < -0.39 is 26.8 Å². The van der Waals surface area contributed by atoms with Gasteiger partial charge in [0.1, 0.15) is 10.7 Å². The number of aliphatic hydroxyl groups is 1. The highest BCUT2D eigenvalue weighted by molar-refractivity contribution is 7.89. The molecule has 0 radical (unpaired) electrons. The first-order valence-electron chi connectivity index (χ1n) is 6.31. The largest absolute Gasteiger partial charge is 0.493 e. The van der Waals surface area contributed by atoms with Gasteiger partial charge in [0, 0.05) is 18.2 Å². The Morgan fingerprint density at radius 2 is 1.76 bits per heavy atom. The summed E-state index contributed by atoms with van der Waals surface area (Å²) >= 11 is 0. The second kappa shape index (κ2) is 7.06. The molecule has 0 unspecified atom stereocenters. The summed E-state index contributed by atoms with van der Waals surface area (Å²) in [6, 6.07) is 1.28. The predicted molar refractivity (Wildman–Crippen MR) is 75.5 cm³/mol. The maximum absolute atomic E-state index is 14.0. The smallest absolute Gasteiger partial charge is 0.243 e. The van der Waals surface area contributed by atoms with Crippen molar-refractivity contribution in [2.75, 3.05) is 20.8 Å². The fraction of sp³-hybridized carbons (Fsp3) is 0.538. The number of halogens is 1. The van der Waals surface area contributed by atoms with Crippen LogP contribution in [0.5, 0.6) is 11.5 Å². The summed E-state index contributed by atoms with van der Waals surface area (Å²) in [6.07, 6.45) is 0. The van der Waals surface area contributed by atoms with E-state index >= 15 is 0 Å². The third-order valence-electron chi connectivity index (χ3n) is 3.04. The molecule has 0 amide bonds. The van der Waals surface area contributed by atoms with Crippen molar-refractivity contribution in [3.63, 3.8) is 0 Å². The van der Waals surface area contributed by atoms with E-state index in [1.807, 2.05) is 0 Å². The molecule has 2 N–H and O–H groups in total. The van der Waals surface area contributed by atoms with Gasteiger partial charge in [0.05, 0.1) is 20.8 Å². The molecule has 0 aliphatic carbocycles. The molecule has 0 saturated carbocycles. The summed E-state index contributed by atoms with van der Waals surface area (Å²) in [7, 11) is -1.48. The van der Waals surface area contributed by atoms with Crippen molar-refractivity contribution < 1.29 is 27.4 Å². The Balaban J connectivity index is 3.25. The van der Waals surface area contributed by atoms with E-state index in [9.17, 15) is 17.9 Å². The molecule has 1 rings (SSSR count). The van der Waals surface area contributed by atoms with Crippen molar-refractivity contribution in [1.82, 2.24) is 4.72 Å². The zero-order chi connectivity index (χ0) is 16.2. The Bertz CT molecular complexity index is 588. The molecule has 0 bridgehead atoms. The van der Waals surface area contributed by atoms with Crippen LogP contribution in [0.3, 0.4) is 0 Å². The minimum Gasteiger partial charge on any atom is -0.493 e. The van der Waals surface area contributed by atoms with E-state index in [-0.39, 0.29) is 24.0 Å². The van der Waals surface area contributed by atoms with Gasteiger partial charge in [-0.2, -0.15) is 0 Å². The van der Waals surface area contributed by atoms with Gasteiger partial charge in [0.25, 0.3) is 0 Å². The van der Waals surface area contributed by atoms with Gasteiger partial charge >= 0.3 is 0 Å². The average molecular weight is 321 g/mol. The van der Waals surface area contributed by atoms with Crippen molar-refractivity contribution >= 4 is 10.0 Å². The number of methoxy groups -OCH3 is 2. The van der Waals surface area contributed by atoms with E-state index in [4.69, 9.17) is 9.47 Å². The van der Waals surface area contributed by atoms with Crippen LogP contribution in [-0.4, -0.2) is 40.4 Å². The van der Waals surface area contributed by atoms with E-state index in [1.54, 1.807) is 13.8 Å². The first-order valence-corrected chi connectivity index (χ1v) is 7.79. The maximum Gasteiger partial charge on any atom is 0.243 e. The summed E-state index contributed by atoms with van der Waals surface area (Å²) in [6.45, 7) is 3.11. The standard InChI is InChI=1S/C13H20FNO5S/c1-8(2)10(7-16)15-21(17,18)13-6-12(20-4)11(19-3)5-9(13)14/h5-6,8,10,15-16H,7H2,1-4H3/t10-/m1/s1. The van der Waals surface area contributed by atoms with Crippen LogP contribution in [0.15, 0.2) is 17.0 Å². The molecule has 120 valence electrons. The fourth-order valence-electron chi connectivity index (χ4n) is 1.69. The summed E-state index contributed by atoms with van der Waals surface area (Å²) in [5, 5.41) is 9.19. The molecule has 0 aliphatic rings. The van der Waals surface area contributed by atoms with Gasteiger partial charge in [-0.1, -0.05) is 13.8 Å². The number of benzene rings is 1. The molecule has 0 saturated heterocycles. The molecule has 0 fully saturated rings. The Morgan fingerprint density at radius 1 is 1.24 bits per heavy atom. The summed E-state index contributed by atoms with van der Waals surface area (Å²) in [4.78, 5) is -0.556. The topological polar surface area (TPSA) is 84.9 Å². The Hall–Kier alpha value is -1.38. The molecule has 21 heavy (non-hydrogen) atoms. The van der Waals surface area contributed by atoms with Crippen LogP contribution in [0, 0.1) is 11.7 Å². The molecule has 1 aromatic carbocycles. The Labute approximate surface area is 123 Å². The quantitative estimate of drug-likeness (QED) is 0.786. The van der Waals surface area contributed by atoms with Crippen LogP contribution < -0.4 is 14.2 Å². The highest BCUT2D eigenvalue weighted by Gasteiger charge is 2.26. The van der Waals surface area contributed by atoms with Gasteiger partial charge in [0.2, 0.25) is 10.0 Å². The number of hydrogen-bond acceptors (Lipinski definition) is 5. The van der Waals surface area contributed by atoms with Gasteiger partial charge in [-0.25, -0.2) is 17.5 Å². The van der Waals surface area contributed by atoms with Crippen molar-refractivity contribution in [2.24, 2.45) is 5.92 Å². The highest BCUT2D eigenvalue weighted by atomic mass is 32.2. The number of rotatable bonds is 7. The number of aliphatic hydroxyl groups excluding tert-OH is 1. The van der Waals surface area contributed by atoms with Crippen LogP contribution in [0.2, 0.25) is 0 Å². The van der Waals surface area contributed by atoms with E-state index in [0.717, 1.165) is 12.1 Å². The average Bonchev–Trinajstić information content (AvgIpc) is 2.43. The number of ether oxygens (including phenoxy) is 2. The first-order chi connectivity index (χ1) is 9.76. The lowest BCUT2D eigenvalue weighted by Crippen LogP contribution is -2.41. The Kier molecular flexibility index (Phi) is 5.94. The number of hydrogen-bond donors (Lipinski definition) is 2. The van der Waals surface area contributed by atoms with Crippen molar-refractivity contribution in [1.29, 1.82) is 0 Å². The molecule has 0 heterocycles. The van der Waals surface area contributed by atoms with E-state index in [1.165, 1.54) is 14.2 Å². The number of sulfonamides is 1. The number of nitrogens with one attached hydrogen (secondary N) is 1. The molecule has 8 heteroatoms. The molecule has 0 aromatic heterocycles. The SMILES string of the molecule is COc1cc(F)c(S(=O)(=O)N[C@H](CO)C(C)C)cc1OC. The van der Waals surface area contributed by atoms with Crippen molar-refractivity contribution in [3.05, 3.63) is 17.9 Å². The molecule has 6 nitrogen and oxygen atoms in total. The first kappa shape index (κ1) is 17.7. The lowest BCUT2D eigenvalue weighted by molar-refractivity contribution is 0.227.